The van der Waals surface area contributed by atoms with Crippen molar-refractivity contribution >= 4 is 11.9 Å². The lowest BCUT2D eigenvalue weighted by Gasteiger charge is -2.25. The van der Waals surface area contributed by atoms with Gasteiger partial charge in [0.15, 0.2) is 6.29 Å². The third-order valence-corrected chi connectivity index (χ3v) is 4.19. The molecule has 146 valence electrons. The molecule has 0 N–H and O–H groups in total. The smallest absolute Gasteiger partial charge is 0.326 e. The first-order valence-corrected chi connectivity index (χ1v) is 8.80. The minimum atomic E-state index is -3.33. The Morgan fingerprint density at radius 2 is 1.96 bits per heavy atom. The van der Waals surface area contributed by atoms with Crippen LogP contribution in [0.15, 0.2) is 0 Å². The number of hydrogen-bond acceptors (Lipinski definition) is 5. The van der Waals surface area contributed by atoms with Crippen molar-refractivity contribution in [3.8, 4) is 0 Å². The Labute approximate surface area is 147 Å². The molecule has 1 heterocycles. The molecular weight excluding hydrogens is 336 g/mol. The monoisotopic (exact) mass is 365 g/mol. The first-order valence-electron chi connectivity index (χ1n) is 8.80. The van der Waals surface area contributed by atoms with Crippen molar-refractivity contribution in [3.05, 3.63) is 0 Å². The molecule has 0 saturated carbocycles. The molecule has 1 rings (SSSR count). The van der Waals surface area contributed by atoms with Crippen molar-refractivity contribution in [3.63, 3.8) is 0 Å². The summed E-state index contributed by atoms with van der Waals surface area (Å²) in [5, 5.41) is 0. The van der Waals surface area contributed by atoms with Gasteiger partial charge in [-0.15, -0.1) is 0 Å². The summed E-state index contributed by atoms with van der Waals surface area (Å²) in [6.45, 7) is 4.29. The zero-order chi connectivity index (χ0) is 18.9. The maximum absolute atomic E-state index is 13.7. The van der Waals surface area contributed by atoms with E-state index in [1.165, 1.54) is 12.0 Å². The maximum Gasteiger partial charge on any atom is 0.326 e. The van der Waals surface area contributed by atoms with Crippen molar-refractivity contribution in [2.75, 3.05) is 26.9 Å². The topological polar surface area (TPSA) is 65.1 Å². The molecular formula is C17H29F2NO5. The van der Waals surface area contributed by atoms with E-state index < -0.39 is 30.6 Å². The summed E-state index contributed by atoms with van der Waals surface area (Å²) in [7, 11) is 1.34. The number of carbonyl (C=O) groups is 2. The number of carbonyl (C=O) groups excluding carboxylic acids is 2. The van der Waals surface area contributed by atoms with E-state index in [4.69, 9.17) is 9.47 Å². The Morgan fingerprint density at radius 1 is 1.28 bits per heavy atom. The van der Waals surface area contributed by atoms with Crippen LogP contribution < -0.4 is 0 Å². The van der Waals surface area contributed by atoms with Gasteiger partial charge in [-0.3, -0.25) is 9.59 Å². The van der Waals surface area contributed by atoms with Gasteiger partial charge in [0.25, 0.3) is 5.91 Å². The van der Waals surface area contributed by atoms with E-state index in [0.29, 0.717) is 25.9 Å². The minimum Gasteiger partial charge on any atom is -0.469 e. The van der Waals surface area contributed by atoms with Crippen molar-refractivity contribution in [2.24, 2.45) is 0 Å². The van der Waals surface area contributed by atoms with Crippen LogP contribution in [0.3, 0.4) is 0 Å². The third-order valence-electron chi connectivity index (χ3n) is 4.19. The molecule has 25 heavy (non-hydrogen) atoms. The van der Waals surface area contributed by atoms with E-state index in [1.54, 1.807) is 6.92 Å². The van der Waals surface area contributed by atoms with Crippen molar-refractivity contribution in [1.29, 1.82) is 0 Å². The molecule has 1 aliphatic rings. The average molecular weight is 365 g/mol. The molecule has 0 aromatic heterocycles. The van der Waals surface area contributed by atoms with Crippen molar-refractivity contribution in [1.82, 2.24) is 4.90 Å². The standard InChI is InChI=1S/C17H29F2NO5/c1-4-24-13(2)25-12-14-11-17(18,19)16(22)20(14)10-8-6-5-7-9-15(21)23-3/h13-14H,4-12H2,1-3H3. The molecule has 0 radical (unpaired) electrons. The lowest BCUT2D eigenvalue weighted by atomic mass is 10.1. The largest absolute Gasteiger partial charge is 0.469 e. The molecule has 0 spiro atoms. The number of esters is 1. The Kier molecular flexibility index (Phi) is 9.27. The van der Waals surface area contributed by atoms with E-state index in [9.17, 15) is 18.4 Å². The highest BCUT2D eigenvalue weighted by atomic mass is 19.3. The highest BCUT2D eigenvalue weighted by Crippen LogP contribution is 2.34. The Bertz CT molecular complexity index is 433. The van der Waals surface area contributed by atoms with Gasteiger partial charge in [0.2, 0.25) is 0 Å². The van der Waals surface area contributed by atoms with E-state index in [2.05, 4.69) is 4.74 Å². The number of nitrogens with zero attached hydrogens (tertiary/aromatic N) is 1. The first-order chi connectivity index (χ1) is 11.8. The van der Waals surface area contributed by atoms with Gasteiger partial charge < -0.3 is 19.1 Å². The number of unbranched alkanes of at least 4 members (excludes halogenated alkanes) is 3. The number of halogens is 2. The molecule has 1 amide bonds. The summed E-state index contributed by atoms with van der Waals surface area (Å²) in [6, 6.07) is -0.638. The summed E-state index contributed by atoms with van der Waals surface area (Å²) in [6.07, 6.45) is 2.19. The van der Waals surface area contributed by atoms with Crippen LogP contribution in [0.2, 0.25) is 0 Å². The van der Waals surface area contributed by atoms with Crippen LogP contribution >= 0.6 is 0 Å². The van der Waals surface area contributed by atoms with Gasteiger partial charge in [-0.05, 0) is 26.7 Å². The van der Waals surface area contributed by atoms with Crippen LogP contribution in [0.5, 0.6) is 0 Å². The highest BCUT2D eigenvalue weighted by molar-refractivity contribution is 5.86. The zero-order valence-corrected chi connectivity index (χ0v) is 15.3. The van der Waals surface area contributed by atoms with Crippen LogP contribution in [0.4, 0.5) is 8.78 Å². The quantitative estimate of drug-likeness (QED) is 0.302. The fraction of sp³-hybridized carbons (Fsp3) is 0.882. The second-order valence-corrected chi connectivity index (χ2v) is 6.16. The summed E-state index contributed by atoms with van der Waals surface area (Å²) < 4.78 is 42.7. The van der Waals surface area contributed by atoms with Crippen LogP contribution in [0, 0.1) is 0 Å². The normalized spacial score (nSPS) is 20.8. The first kappa shape index (κ1) is 21.8. The fourth-order valence-corrected chi connectivity index (χ4v) is 2.84. The van der Waals surface area contributed by atoms with Crippen LogP contribution in [-0.2, 0) is 23.8 Å². The molecule has 0 aliphatic carbocycles. The lowest BCUT2D eigenvalue weighted by molar-refractivity contribution is -0.150. The maximum atomic E-state index is 13.7. The SMILES string of the molecule is CCOC(C)OCC1CC(F)(F)C(=O)N1CCCCCCC(=O)OC. The second kappa shape index (κ2) is 10.7. The van der Waals surface area contributed by atoms with E-state index in [-0.39, 0.29) is 19.1 Å². The number of amides is 1. The van der Waals surface area contributed by atoms with Gasteiger partial charge >= 0.3 is 11.9 Å². The fourth-order valence-electron chi connectivity index (χ4n) is 2.84. The molecule has 0 aromatic carbocycles. The molecule has 1 fully saturated rings. The minimum absolute atomic E-state index is 0.0326. The Morgan fingerprint density at radius 3 is 2.60 bits per heavy atom. The van der Waals surface area contributed by atoms with Gasteiger partial charge in [0, 0.05) is 26.0 Å². The van der Waals surface area contributed by atoms with E-state index in [1.807, 2.05) is 6.92 Å². The molecule has 6 nitrogen and oxygen atoms in total. The van der Waals surface area contributed by atoms with Gasteiger partial charge in [0.1, 0.15) is 0 Å². The Hall–Kier alpha value is -1.28. The zero-order valence-electron chi connectivity index (χ0n) is 15.3. The van der Waals surface area contributed by atoms with Crippen molar-refractivity contribution < 1.29 is 32.6 Å². The summed E-state index contributed by atoms with van der Waals surface area (Å²) in [5.41, 5.74) is 0. The van der Waals surface area contributed by atoms with Gasteiger partial charge in [-0.1, -0.05) is 12.8 Å². The Balaban J connectivity index is 2.38. The number of likely N-dealkylation sites (tertiary alicyclic amines) is 1. The molecule has 1 aliphatic heterocycles. The summed E-state index contributed by atoms with van der Waals surface area (Å²) in [4.78, 5) is 24.1. The number of alkyl halides is 2. The molecule has 0 bridgehead atoms. The molecule has 8 heteroatoms. The highest BCUT2D eigenvalue weighted by Gasteiger charge is 2.53. The van der Waals surface area contributed by atoms with Gasteiger partial charge in [0.05, 0.1) is 19.8 Å². The van der Waals surface area contributed by atoms with Crippen LogP contribution in [0.25, 0.3) is 0 Å². The number of rotatable bonds is 12. The van der Waals surface area contributed by atoms with E-state index in [0.717, 1.165) is 12.8 Å². The van der Waals surface area contributed by atoms with Crippen LogP contribution in [0.1, 0.15) is 52.4 Å². The number of methoxy groups -OCH3 is 1. The van der Waals surface area contributed by atoms with E-state index >= 15 is 0 Å². The van der Waals surface area contributed by atoms with Crippen LogP contribution in [-0.4, -0.2) is 61.9 Å². The summed E-state index contributed by atoms with van der Waals surface area (Å²) >= 11 is 0. The predicted molar refractivity (Wildman–Crippen MR) is 87.2 cm³/mol. The number of ether oxygens (including phenoxy) is 3. The molecule has 0 aromatic rings. The second-order valence-electron chi connectivity index (χ2n) is 6.16. The molecule has 2 unspecified atom stereocenters. The lowest BCUT2D eigenvalue weighted by Crippen LogP contribution is -2.39. The third kappa shape index (κ3) is 7.23. The van der Waals surface area contributed by atoms with Crippen molar-refractivity contribution in [2.45, 2.75) is 70.6 Å². The summed E-state index contributed by atoms with van der Waals surface area (Å²) in [5.74, 6) is -4.71. The van der Waals surface area contributed by atoms with Gasteiger partial charge in [-0.25, -0.2) is 0 Å². The average Bonchev–Trinajstić information content (AvgIpc) is 2.78. The van der Waals surface area contributed by atoms with Gasteiger partial charge in [-0.2, -0.15) is 8.78 Å². The molecule has 2 atom stereocenters. The predicted octanol–water partition coefficient (Wildman–Crippen LogP) is 2.75. The molecule has 1 saturated heterocycles. The number of hydrogen-bond donors (Lipinski definition) is 0.